The summed E-state index contributed by atoms with van der Waals surface area (Å²) in [5, 5.41) is 19.3. The quantitative estimate of drug-likeness (QED) is 0.567. The van der Waals surface area contributed by atoms with Crippen molar-refractivity contribution in [3.63, 3.8) is 0 Å². The van der Waals surface area contributed by atoms with Crippen molar-refractivity contribution in [2.45, 2.75) is 12.8 Å². The number of nitriles is 1. The van der Waals surface area contributed by atoms with Crippen LogP contribution in [-0.4, -0.2) is 15.2 Å². The van der Waals surface area contributed by atoms with Crippen molar-refractivity contribution >= 4 is 21.5 Å². The average Bonchev–Trinajstić information content (AvgIpc) is 3.13. The van der Waals surface area contributed by atoms with E-state index in [2.05, 4.69) is 21.3 Å². The largest absolute Gasteiger partial charge is 0.329 e. The normalized spacial score (nSPS) is 11.0. The molecule has 5 heteroatoms. The van der Waals surface area contributed by atoms with Gasteiger partial charge in [0.25, 0.3) is 5.56 Å². The first kappa shape index (κ1) is 14.2. The van der Waals surface area contributed by atoms with Crippen molar-refractivity contribution < 1.29 is 0 Å². The van der Waals surface area contributed by atoms with Gasteiger partial charge in [-0.15, -0.1) is 0 Å². The Bertz CT molecular complexity index is 1130. The van der Waals surface area contributed by atoms with Crippen molar-refractivity contribution in [1.29, 1.82) is 5.26 Å². The lowest BCUT2D eigenvalue weighted by atomic mass is 9.94. The van der Waals surface area contributed by atoms with Gasteiger partial charge >= 0.3 is 0 Å². The predicted molar refractivity (Wildman–Crippen MR) is 93.6 cm³/mol. The Labute approximate surface area is 137 Å². The fourth-order valence-electron chi connectivity index (χ4n) is 3.17. The lowest BCUT2D eigenvalue weighted by Gasteiger charge is -2.10. The topological polar surface area (TPSA) is 85.3 Å². The Kier molecular flexibility index (Phi) is 3.36. The molecule has 2 N–H and O–H groups in total. The number of hydrogen-bond acceptors (Lipinski definition) is 3. The van der Waals surface area contributed by atoms with Crippen LogP contribution in [0.5, 0.6) is 0 Å². The lowest BCUT2D eigenvalue weighted by Crippen LogP contribution is -2.06. The summed E-state index contributed by atoms with van der Waals surface area (Å²) in [4.78, 5) is 15.1. The van der Waals surface area contributed by atoms with Crippen LogP contribution in [0.1, 0.15) is 12.0 Å². The molecule has 0 fully saturated rings. The Hall–Kier alpha value is -3.39. The van der Waals surface area contributed by atoms with Crippen LogP contribution in [0.2, 0.25) is 0 Å². The summed E-state index contributed by atoms with van der Waals surface area (Å²) >= 11 is 0. The van der Waals surface area contributed by atoms with Crippen molar-refractivity contribution in [1.82, 2.24) is 15.2 Å². The van der Waals surface area contributed by atoms with Gasteiger partial charge in [-0.1, -0.05) is 18.2 Å². The number of H-pyrrole nitrogens is 2. The summed E-state index contributed by atoms with van der Waals surface area (Å²) in [5.41, 5.74) is 2.86. The molecule has 116 valence electrons. The fraction of sp³-hybridized carbons (Fsp3) is 0.105. The maximum Gasteiger partial charge on any atom is 0.256 e. The van der Waals surface area contributed by atoms with Crippen molar-refractivity contribution in [2.24, 2.45) is 0 Å². The summed E-state index contributed by atoms with van der Waals surface area (Å²) in [5.74, 6) is 0. The molecule has 0 spiro atoms. The monoisotopic (exact) mass is 314 g/mol. The molecule has 24 heavy (non-hydrogen) atoms. The molecule has 0 aliphatic heterocycles. The number of aryl methyl sites for hydroxylation is 1. The van der Waals surface area contributed by atoms with Crippen molar-refractivity contribution in [3.8, 4) is 17.3 Å². The zero-order valence-corrected chi connectivity index (χ0v) is 12.8. The lowest BCUT2D eigenvalue weighted by molar-refractivity contribution is 1.02. The van der Waals surface area contributed by atoms with E-state index in [1.165, 1.54) is 0 Å². The van der Waals surface area contributed by atoms with E-state index >= 15 is 0 Å². The van der Waals surface area contributed by atoms with Crippen LogP contribution in [0, 0.1) is 11.3 Å². The Balaban J connectivity index is 2.08. The molecule has 0 saturated carbocycles. The minimum atomic E-state index is -0.105. The van der Waals surface area contributed by atoms with Crippen molar-refractivity contribution in [2.75, 3.05) is 0 Å². The molecule has 0 amide bonds. The molecule has 0 radical (unpaired) electrons. The summed E-state index contributed by atoms with van der Waals surface area (Å²) < 4.78 is 0. The highest BCUT2D eigenvalue weighted by atomic mass is 16.1. The number of fused-ring (bicyclic) bond motifs is 3. The van der Waals surface area contributed by atoms with Crippen molar-refractivity contribution in [3.05, 3.63) is 64.7 Å². The number of benzene rings is 2. The van der Waals surface area contributed by atoms with Crippen LogP contribution >= 0.6 is 0 Å². The van der Waals surface area contributed by atoms with Gasteiger partial charge in [0.2, 0.25) is 0 Å². The van der Waals surface area contributed by atoms with Gasteiger partial charge < -0.3 is 4.98 Å². The molecule has 0 aliphatic carbocycles. The molecule has 0 atom stereocenters. The highest BCUT2D eigenvalue weighted by Crippen LogP contribution is 2.31. The Morgan fingerprint density at radius 2 is 2.04 bits per heavy atom. The molecule has 2 aromatic carbocycles. The minimum Gasteiger partial charge on any atom is -0.329 e. The third-order valence-electron chi connectivity index (χ3n) is 4.28. The Morgan fingerprint density at radius 1 is 1.12 bits per heavy atom. The molecule has 2 aromatic heterocycles. The van der Waals surface area contributed by atoms with Gasteiger partial charge in [0.05, 0.1) is 17.1 Å². The first-order valence-corrected chi connectivity index (χ1v) is 7.71. The molecular formula is C19H14N4O. The van der Waals surface area contributed by atoms with E-state index in [-0.39, 0.29) is 5.56 Å². The van der Waals surface area contributed by atoms with Gasteiger partial charge in [0, 0.05) is 24.4 Å². The van der Waals surface area contributed by atoms with Gasteiger partial charge in [0.15, 0.2) is 0 Å². The minimum absolute atomic E-state index is 0.105. The molecule has 4 rings (SSSR count). The SMILES string of the molecule is N#CCCc1cc2cc[nH]c(=O)c2c2cc(-c3ccn[nH]3)ccc12. The van der Waals surface area contributed by atoms with E-state index < -0.39 is 0 Å². The summed E-state index contributed by atoms with van der Waals surface area (Å²) in [7, 11) is 0. The van der Waals surface area contributed by atoms with Gasteiger partial charge in [-0.05, 0) is 46.3 Å². The molecule has 0 saturated heterocycles. The molecule has 0 unspecified atom stereocenters. The average molecular weight is 314 g/mol. The van der Waals surface area contributed by atoms with Crippen LogP contribution < -0.4 is 5.56 Å². The van der Waals surface area contributed by atoms with E-state index in [4.69, 9.17) is 5.26 Å². The van der Waals surface area contributed by atoms with Crippen LogP contribution in [0.4, 0.5) is 0 Å². The van der Waals surface area contributed by atoms with E-state index in [0.717, 1.165) is 33.0 Å². The van der Waals surface area contributed by atoms with Crippen LogP contribution in [-0.2, 0) is 6.42 Å². The summed E-state index contributed by atoms with van der Waals surface area (Å²) in [6.45, 7) is 0. The third-order valence-corrected chi connectivity index (χ3v) is 4.28. The standard InChI is InChI=1S/C19H14N4O/c20-7-1-2-12-10-14-5-8-21-19(24)18(14)16-11-13(3-4-15(12)16)17-6-9-22-23-17/h3-6,8-11H,1-2H2,(H,21,24)(H,22,23). The Morgan fingerprint density at radius 3 is 2.83 bits per heavy atom. The fourth-order valence-corrected chi connectivity index (χ4v) is 3.17. The maximum atomic E-state index is 12.4. The number of aromatic nitrogens is 3. The second-order valence-electron chi connectivity index (χ2n) is 5.70. The van der Waals surface area contributed by atoms with Crippen LogP contribution in [0.3, 0.4) is 0 Å². The second-order valence-corrected chi connectivity index (χ2v) is 5.70. The molecule has 0 aliphatic rings. The smallest absolute Gasteiger partial charge is 0.256 e. The highest BCUT2D eigenvalue weighted by molar-refractivity contribution is 6.09. The summed E-state index contributed by atoms with van der Waals surface area (Å²) in [6, 6.07) is 14.0. The van der Waals surface area contributed by atoms with Gasteiger partial charge in [0.1, 0.15) is 0 Å². The predicted octanol–water partition coefficient (Wildman–Crippen LogP) is 3.53. The van der Waals surface area contributed by atoms with Gasteiger partial charge in [-0.25, -0.2) is 0 Å². The number of nitrogens with zero attached hydrogens (tertiary/aromatic N) is 2. The highest BCUT2D eigenvalue weighted by Gasteiger charge is 2.11. The number of aromatic amines is 2. The zero-order chi connectivity index (χ0) is 16.5. The molecule has 4 aromatic rings. The number of rotatable bonds is 3. The maximum absolute atomic E-state index is 12.4. The van der Waals surface area contributed by atoms with Gasteiger partial charge in [-0.2, -0.15) is 10.4 Å². The molecule has 0 bridgehead atoms. The van der Waals surface area contributed by atoms with E-state index in [0.29, 0.717) is 18.2 Å². The number of nitrogens with one attached hydrogen (secondary N) is 2. The first-order valence-electron chi connectivity index (χ1n) is 7.71. The number of hydrogen-bond donors (Lipinski definition) is 2. The molecule has 5 nitrogen and oxygen atoms in total. The first-order chi connectivity index (χ1) is 11.8. The van der Waals surface area contributed by atoms with Crippen LogP contribution in [0.15, 0.2) is 53.6 Å². The molecular weight excluding hydrogens is 300 g/mol. The van der Waals surface area contributed by atoms with Crippen LogP contribution in [0.25, 0.3) is 32.8 Å². The van der Waals surface area contributed by atoms with Gasteiger partial charge in [-0.3, -0.25) is 9.89 Å². The third kappa shape index (κ3) is 2.25. The number of pyridine rings is 1. The van der Waals surface area contributed by atoms with E-state index in [1.807, 2.05) is 36.4 Å². The van der Waals surface area contributed by atoms with E-state index in [1.54, 1.807) is 12.4 Å². The molecule has 2 heterocycles. The van der Waals surface area contributed by atoms with E-state index in [9.17, 15) is 4.79 Å². The summed E-state index contributed by atoms with van der Waals surface area (Å²) in [6.07, 6.45) is 4.47. The zero-order valence-electron chi connectivity index (χ0n) is 12.8. The second kappa shape index (κ2) is 5.67.